The molecule has 0 aromatic heterocycles. The molecule has 0 radical (unpaired) electrons. The number of ether oxygens (including phenoxy) is 1. The predicted molar refractivity (Wildman–Crippen MR) is 94.8 cm³/mol. The molecule has 0 saturated heterocycles. The van der Waals surface area contributed by atoms with Crippen molar-refractivity contribution in [3.05, 3.63) is 63.6 Å². The highest BCUT2D eigenvalue weighted by Crippen LogP contribution is 2.33. The first-order valence-electron chi connectivity index (χ1n) is 6.52. The molecule has 0 bridgehead atoms. The highest BCUT2D eigenvalue weighted by Gasteiger charge is 2.14. The molecule has 0 heterocycles. The Morgan fingerprint density at radius 1 is 1.19 bits per heavy atom. The van der Waals surface area contributed by atoms with E-state index in [1.54, 1.807) is 0 Å². The Morgan fingerprint density at radius 2 is 1.90 bits per heavy atom. The lowest BCUT2D eigenvalue weighted by Gasteiger charge is -2.20. The summed E-state index contributed by atoms with van der Waals surface area (Å²) in [5.41, 5.74) is 1.16. The normalized spacial score (nSPS) is 11.6. The molecule has 1 N–H and O–H groups in total. The molecule has 2 nitrogen and oxygen atoms in total. The molecule has 0 unspecified atom stereocenters. The zero-order valence-electron chi connectivity index (χ0n) is 11.7. The predicted octanol–water partition coefficient (Wildman–Crippen LogP) is 5.25. The second-order valence-electron chi connectivity index (χ2n) is 4.48. The lowest BCUT2D eigenvalue weighted by molar-refractivity contribution is 0.193. The molecule has 0 aliphatic heterocycles. The first-order valence-corrected chi connectivity index (χ1v) is 7.69. The Bertz CT molecular complexity index is 551. The first-order chi connectivity index (χ1) is 9.70. The van der Waals surface area contributed by atoms with E-state index in [4.69, 9.17) is 16.3 Å². The Balaban J connectivity index is 0.00000220. The van der Waals surface area contributed by atoms with Crippen LogP contribution >= 0.6 is 39.9 Å². The number of hydrogen-bond acceptors (Lipinski definition) is 2. The van der Waals surface area contributed by atoms with Crippen LogP contribution in [0.4, 0.5) is 0 Å². The van der Waals surface area contributed by atoms with Gasteiger partial charge < -0.3 is 10.1 Å². The lowest BCUT2D eigenvalue weighted by Crippen LogP contribution is -2.16. The Labute approximate surface area is 145 Å². The van der Waals surface area contributed by atoms with Gasteiger partial charge in [0, 0.05) is 11.4 Å². The van der Waals surface area contributed by atoms with Gasteiger partial charge in [-0.15, -0.1) is 12.4 Å². The van der Waals surface area contributed by atoms with Crippen LogP contribution in [0.15, 0.2) is 53.0 Å². The smallest absolute Gasteiger partial charge is 0.135 e. The van der Waals surface area contributed by atoms with E-state index in [0.29, 0.717) is 5.02 Å². The summed E-state index contributed by atoms with van der Waals surface area (Å²) >= 11 is 9.54. The van der Waals surface area contributed by atoms with Crippen LogP contribution in [0.1, 0.15) is 18.1 Å². The van der Waals surface area contributed by atoms with E-state index < -0.39 is 0 Å². The highest BCUT2D eigenvalue weighted by molar-refractivity contribution is 9.10. The van der Waals surface area contributed by atoms with Crippen LogP contribution < -0.4 is 10.1 Å². The molecule has 114 valence electrons. The largest absolute Gasteiger partial charge is 0.484 e. The van der Waals surface area contributed by atoms with Crippen LogP contribution in [0.2, 0.25) is 5.02 Å². The molecule has 2 aromatic carbocycles. The molecule has 2 rings (SSSR count). The zero-order valence-corrected chi connectivity index (χ0v) is 14.8. The topological polar surface area (TPSA) is 21.3 Å². The quantitative estimate of drug-likeness (QED) is 0.726. The third-order valence-corrected chi connectivity index (χ3v) is 3.88. The number of halogens is 3. The van der Waals surface area contributed by atoms with Crippen molar-refractivity contribution < 1.29 is 4.74 Å². The van der Waals surface area contributed by atoms with Crippen molar-refractivity contribution in [2.75, 3.05) is 13.6 Å². The molecule has 5 heteroatoms. The van der Waals surface area contributed by atoms with E-state index in [1.165, 1.54) is 0 Å². The van der Waals surface area contributed by atoms with Crippen molar-refractivity contribution in [2.24, 2.45) is 0 Å². The van der Waals surface area contributed by atoms with Gasteiger partial charge in [0.1, 0.15) is 11.9 Å². The average molecular weight is 391 g/mol. The van der Waals surface area contributed by atoms with Gasteiger partial charge in [0.05, 0.1) is 4.47 Å². The van der Waals surface area contributed by atoms with Crippen molar-refractivity contribution in [1.82, 2.24) is 5.32 Å². The second-order valence-corrected chi connectivity index (χ2v) is 5.77. The molecular weight excluding hydrogens is 373 g/mol. The summed E-state index contributed by atoms with van der Waals surface area (Å²) in [6.45, 7) is 0.887. The monoisotopic (exact) mass is 389 g/mol. The maximum Gasteiger partial charge on any atom is 0.135 e. The number of nitrogens with one attached hydrogen (secondary N) is 1. The van der Waals surface area contributed by atoms with Gasteiger partial charge in [-0.1, -0.05) is 41.9 Å². The molecule has 0 fully saturated rings. The molecular formula is C16H18BrCl2NO. The van der Waals surface area contributed by atoms with Crippen LogP contribution in [-0.4, -0.2) is 13.6 Å². The fourth-order valence-corrected chi connectivity index (χ4v) is 2.46. The summed E-state index contributed by atoms with van der Waals surface area (Å²) in [4.78, 5) is 0. The zero-order chi connectivity index (χ0) is 14.4. The number of hydrogen-bond donors (Lipinski definition) is 1. The number of rotatable bonds is 6. The Kier molecular flexibility index (Phi) is 8.12. The van der Waals surface area contributed by atoms with Gasteiger partial charge >= 0.3 is 0 Å². The van der Waals surface area contributed by atoms with Crippen molar-refractivity contribution in [2.45, 2.75) is 12.5 Å². The molecule has 0 aliphatic carbocycles. The first kappa shape index (κ1) is 18.3. The Morgan fingerprint density at radius 3 is 2.57 bits per heavy atom. The molecule has 0 saturated carbocycles. The summed E-state index contributed by atoms with van der Waals surface area (Å²) in [7, 11) is 1.94. The summed E-state index contributed by atoms with van der Waals surface area (Å²) < 4.78 is 7.05. The van der Waals surface area contributed by atoms with Gasteiger partial charge in [-0.3, -0.25) is 0 Å². The fourth-order valence-electron chi connectivity index (χ4n) is 1.96. The second kappa shape index (κ2) is 9.31. The van der Waals surface area contributed by atoms with Crippen LogP contribution in [0.5, 0.6) is 5.75 Å². The Hall–Kier alpha value is -0.740. The van der Waals surface area contributed by atoms with E-state index in [1.807, 2.05) is 43.4 Å². The van der Waals surface area contributed by atoms with Gasteiger partial charge in [-0.2, -0.15) is 0 Å². The molecule has 0 aliphatic rings. The maximum atomic E-state index is 6.14. The minimum Gasteiger partial charge on any atom is -0.484 e. The fraction of sp³-hybridized carbons (Fsp3) is 0.250. The van der Waals surface area contributed by atoms with Gasteiger partial charge in [0.25, 0.3) is 0 Å². The molecule has 0 spiro atoms. The molecule has 21 heavy (non-hydrogen) atoms. The van der Waals surface area contributed by atoms with Crippen molar-refractivity contribution in [3.63, 3.8) is 0 Å². The average Bonchev–Trinajstić information content (AvgIpc) is 2.48. The van der Waals surface area contributed by atoms with Crippen LogP contribution in [0.3, 0.4) is 0 Å². The van der Waals surface area contributed by atoms with E-state index in [2.05, 4.69) is 33.4 Å². The number of benzene rings is 2. The van der Waals surface area contributed by atoms with Gasteiger partial charge in [-0.25, -0.2) is 0 Å². The van der Waals surface area contributed by atoms with Crippen molar-refractivity contribution >= 4 is 39.9 Å². The van der Waals surface area contributed by atoms with Crippen LogP contribution in [0.25, 0.3) is 0 Å². The van der Waals surface area contributed by atoms with E-state index in [9.17, 15) is 0 Å². The lowest BCUT2D eigenvalue weighted by atomic mass is 10.1. The molecule has 0 amide bonds. The van der Waals surface area contributed by atoms with E-state index >= 15 is 0 Å². The minimum absolute atomic E-state index is 0. The van der Waals surface area contributed by atoms with Crippen LogP contribution in [0, 0.1) is 0 Å². The van der Waals surface area contributed by atoms with Crippen molar-refractivity contribution in [1.29, 1.82) is 0 Å². The molecule has 1 atom stereocenters. The van der Waals surface area contributed by atoms with E-state index in [-0.39, 0.29) is 18.5 Å². The summed E-state index contributed by atoms with van der Waals surface area (Å²) in [5, 5.41) is 3.83. The van der Waals surface area contributed by atoms with E-state index in [0.717, 1.165) is 28.8 Å². The third-order valence-electron chi connectivity index (χ3n) is 2.99. The molecule has 2 aromatic rings. The SMILES string of the molecule is CNCC[C@@H](Oc1cc(Cl)ccc1Br)c1ccccc1.Cl. The van der Waals surface area contributed by atoms with Crippen LogP contribution in [-0.2, 0) is 0 Å². The van der Waals surface area contributed by atoms with Gasteiger partial charge in [0.15, 0.2) is 0 Å². The summed E-state index contributed by atoms with van der Waals surface area (Å²) in [6.07, 6.45) is 0.887. The van der Waals surface area contributed by atoms with Crippen molar-refractivity contribution in [3.8, 4) is 5.75 Å². The minimum atomic E-state index is -0.00147. The summed E-state index contributed by atoms with van der Waals surface area (Å²) in [6, 6.07) is 15.8. The standard InChI is InChI=1S/C16H17BrClNO.ClH/c1-19-10-9-15(12-5-3-2-4-6-12)20-16-11-13(18)7-8-14(16)17;/h2-8,11,15,19H,9-10H2,1H3;1H/t15-;/m1./s1. The highest BCUT2D eigenvalue weighted by atomic mass is 79.9. The maximum absolute atomic E-state index is 6.14. The van der Waals surface area contributed by atoms with Gasteiger partial charge in [0.2, 0.25) is 0 Å². The van der Waals surface area contributed by atoms with Gasteiger partial charge in [-0.05, 0) is 53.3 Å². The summed E-state index contributed by atoms with van der Waals surface area (Å²) in [5.74, 6) is 0.766. The third kappa shape index (κ3) is 5.51.